The van der Waals surface area contributed by atoms with Crippen molar-refractivity contribution in [2.75, 3.05) is 0 Å². The smallest absolute Gasteiger partial charge is 0.326 e. The van der Waals surface area contributed by atoms with Crippen LogP contribution in [0.5, 0.6) is 5.75 Å². The van der Waals surface area contributed by atoms with Crippen LogP contribution in [0, 0.1) is 0 Å². The Hall–Kier alpha value is -2.90. The maximum Gasteiger partial charge on any atom is 0.326 e. The molecule has 1 aliphatic heterocycles. The number of phenols is 1. The SMILES string of the molecule is O=C(O)CCC(C(=O)O)N1C(=O)c2cccc(O)c2C1=O. The highest BCUT2D eigenvalue weighted by Crippen LogP contribution is 2.32. The molecule has 21 heavy (non-hydrogen) atoms. The molecular formula is C13H11NO7. The average molecular weight is 293 g/mol. The molecule has 2 rings (SSSR count). The summed E-state index contributed by atoms with van der Waals surface area (Å²) in [5.74, 6) is -4.93. The Morgan fingerprint density at radius 3 is 2.33 bits per heavy atom. The topological polar surface area (TPSA) is 132 Å². The van der Waals surface area contributed by atoms with E-state index >= 15 is 0 Å². The van der Waals surface area contributed by atoms with Crippen molar-refractivity contribution in [1.82, 2.24) is 4.90 Å². The maximum atomic E-state index is 12.2. The fraction of sp³-hybridized carbons (Fsp3) is 0.231. The normalized spacial score (nSPS) is 15.0. The van der Waals surface area contributed by atoms with Gasteiger partial charge in [0.2, 0.25) is 0 Å². The third-order valence-corrected chi connectivity index (χ3v) is 3.15. The van der Waals surface area contributed by atoms with Gasteiger partial charge in [-0.25, -0.2) is 4.79 Å². The van der Waals surface area contributed by atoms with Gasteiger partial charge in [0.15, 0.2) is 0 Å². The van der Waals surface area contributed by atoms with E-state index in [1.165, 1.54) is 18.2 Å². The summed E-state index contributed by atoms with van der Waals surface area (Å²) in [6, 6.07) is 2.27. The minimum absolute atomic E-state index is 0.0958. The molecular weight excluding hydrogens is 282 g/mol. The van der Waals surface area contributed by atoms with Gasteiger partial charge in [-0.05, 0) is 18.6 Å². The molecule has 0 spiro atoms. The lowest BCUT2D eigenvalue weighted by Gasteiger charge is -2.21. The zero-order valence-corrected chi connectivity index (χ0v) is 10.6. The van der Waals surface area contributed by atoms with E-state index in [-0.39, 0.29) is 11.1 Å². The van der Waals surface area contributed by atoms with Crippen LogP contribution in [-0.2, 0) is 9.59 Å². The third-order valence-electron chi connectivity index (χ3n) is 3.15. The highest BCUT2D eigenvalue weighted by atomic mass is 16.4. The van der Waals surface area contributed by atoms with Crippen LogP contribution < -0.4 is 0 Å². The van der Waals surface area contributed by atoms with Crippen molar-refractivity contribution in [3.63, 3.8) is 0 Å². The molecule has 0 saturated carbocycles. The number of phenolic OH excluding ortho intramolecular Hbond substituents is 1. The van der Waals surface area contributed by atoms with Crippen LogP contribution in [0.25, 0.3) is 0 Å². The number of aliphatic carboxylic acids is 2. The van der Waals surface area contributed by atoms with Crippen LogP contribution in [0.1, 0.15) is 33.6 Å². The molecule has 0 fully saturated rings. The number of fused-ring (bicyclic) bond motifs is 1. The fourth-order valence-electron chi connectivity index (χ4n) is 2.19. The number of carboxylic acid groups (broad SMARTS) is 2. The second kappa shape index (κ2) is 5.23. The molecule has 0 bridgehead atoms. The maximum absolute atomic E-state index is 12.2. The summed E-state index contributed by atoms with van der Waals surface area (Å²) >= 11 is 0. The van der Waals surface area contributed by atoms with E-state index in [2.05, 4.69) is 0 Å². The lowest BCUT2D eigenvalue weighted by atomic mass is 10.1. The van der Waals surface area contributed by atoms with Gasteiger partial charge in [0.1, 0.15) is 11.8 Å². The van der Waals surface area contributed by atoms with Crippen LogP contribution >= 0.6 is 0 Å². The molecule has 8 heteroatoms. The summed E-state index contributed by atoms with van der Waals surface area (Å²) in [5.41, 5.74) is -0.356. The number of imide groups is 1. The summed E-state index contributed by atoms with van der Waals surface area (Å²) in [5, 5.41) is 27.4. The molecule has 8 nitrogen and oxygen atoms in total. The van der Waals surface area contributed by atoms with E-state index in [9.17, 15) is 24.3 Å². The fourth-order valence-corrected chi connectivity index (χ4v) is 2.19. The number of hydrogen-bond acceptors (Lipinski definition) is 5. The molecule has 3 N–H and O–H groups in total. The van der Waals surface area contributed by atoms with Gasteiger partial charge in [0.25, 0.3) is 11.8 Å². The lowest BCUT2D eigenvalue weighted by molar-refractivity contribution is -0.142. The van der Waals surface area contributed by atoms with Crippen molar-refractivity contribution in [2.45, 2.75) is 18.9 Å². The molecule has 0 aliphatic carbocycles. The molecule has 1 aromatic rings. The van der Waals surface area contributed by atoms with Gasteiger partial charge in [-0.3, -0.25) is 19.3 Å². The van der Waals surface area contributed by atoms with Crippen molar-refractivity contribution in [3.8, 4) is 5.75 Å². The monoisotopic (exact) mass is 293 g/mol. The van der Waals surface area contributed by atoms with Gasteiger partial charge in [-0.15, -0.1) is 0 Å². The molecule has 1 atom stereocenters. The van der Waals surface area contributed by atoms with Crippen molar-refractivity contribution in [3.05, 3.63) is 29.3 Å². The van der Waals surface area contributed by atoms with E-state index in [0.29, 0.717) is 4.90 Å². The Balaban J connectivity index is 2.38. The first-order chi connectivity index (χ1) is 9.84. The molecule has 1 aliphatic rings. The number of amides is 2. The van der Waals surface area contributed by atoms with E-state index in [4.69, 9.17) is 10.2 Å². The summed E-state index contributed by atoms with van der Waals surface area (Å²) in [6.07, 6.45) is -0.909. The van der Waals surface area contributed by atoms with Gasteiger partial charge in [-0.1, -0.05) is 6.07 Å². The Bertz CT molecular complexity index is 652. The van der Waals surface area contributed by atoms with E-state index in [1.54, 1.807) is 0 Å². The minimum atomic E-state index is -1.59. The average Bonchev–Trinajstić information content (AvgIpc) is 2.64. The van der Waals surface area contributed by atoms with Crippen molar-refractivity contribution in [2.24, 2.45) is 0 Å². The number of rotatable bonds is 5. The number of aromatic hydroxyl groups is 1. The minimum Gasteiger partial charge on any atom is -0.507 e. The van der Waals surface area contributed by atoms with E-state index in [1.807, 2.05) is 0 Å². The highest BCUT2D eigenvalue weighted by molar-refractivity contribution is 6.23. The number of nitrogens with zero attached hydrogens (tertiary/aromatic N) is 1. The quantitative estimate of drug-likeness (QED) is 0.665. The molecule has 0 saturated heterocycles. The van der Waals surface area contributed by atoms with Crippen LogP contribution in [-0.4, -0.2) is 50.0 Å². The first kappa shape index (κ1) is 14.5. The lowest BCUT2D eigenvalue weighted by Crippen LogP contribution is -2.45. The van der Waals surface area contributed by atoms with Gasteiger partial charge in [-0.2, -0.15) is 0 Å². The third kappa shape index (κ3) is 2.42. The highest BCUT2D eigenvalue weighted by Gasteiger charge is 2.44. The van der Waals surface area contributed by atoms with Crippen molar-refractivity contribution in [1.29, 1.82) is 0 Å². The molecule has 0 radical (unpaired) electrons. The number of benzene rings is 1. The second-order valence-corrected chi connectivity index (χ2v) is 4.47. The van der Waals surface area contributed by atoms with Gasteiger partial charge in [0.05, 0.1) is 11.1 Å². The molecule has 110 valence electrons. The molecule has 1 aromatic carbocycles. The largest absolute Gasteiger partial charge is 0.507 e. The Morgan fingerprint density at radius 2 is 1.81 bits per heavy atom. The zero-order chi connectivity index (χ0) is 15.7. The molecule has 2 amide bonds. The van der Waals surface area contributed by atoms with Crippen LogP contribution in [0.3, 0.4) is 0 Å². The van der Waals surface area contributed by atoms with Crippen LogP contribution in [0.15, 0.2) is 18.2 Å². The van der Waals surface area contributed by atoms with Crippen molar-refractivity contribution >= 4 is 23.8 Å². The second-order valence-electron chi connectivity index (χ2n) is 4.47. The number of carbonyl (C=O) groups excluding carboxylic acids is 2. The Kier molecular flexibility index (Phi) is 3.62. The van der Waals surface area contributed by atoms with Crippen LogP contribution in [0.4, 0.5) is 0 Å². The standard InChI is InChI=1S/C13H11NO7/c15-8-3-1-2-6-10(8)12(19)14(11(6)18)7(13(20)21)4-5-9(16)17/h1-3,7,15H,4-5H2,(H,16,17)(H,20,21). The van der Waals surface area contributed by atoms with Crippen molar-refractivity contribution < 1.29 is 34.5 Å². The summed E-state index contributed by atoms with van der Waals surface area (Å²) in [7, 11) is 0. The molecule has 1 unspecified atom stereocenters. The summed E-state index contributed by atoms with van der Waals surface area (Å²) in [4.78, 5) is 46.5. The predicted molar refractivity (Wildman–Crippen MR) is 66.9 cm³/mol. The first-order valence-corrected chi connectivity index (χ1v) is 5.99. The number of hydrogen-bond donors (Lipinski definition) is 3. The Labute approximate surface area is 118 Å². The number of carbonyl (C=O) groups is 4. The van der Waals surface area contributed by atoms with Gasteiger partial charge < -0.3 is 15.3 Å². The van der Waals surface area contributed by atoms with E-state index in [0.717, 1.165) is 0 Å². The zero-order valence-electron chi connectivity index (χ0n) is 10.6. The first-order valence-electron chi connectivity index (χ1n) is 5.99. The van der Waals surface area contributed by atoms with Gasteiger partial charge in [0, 0.05) is 6.42 Å². The van der Waals surface area contributed by atoms with E-state index < -0.39 is 48.4 Å². The predicted octanol–water partition coefficient (Wildman–Crippen LogP) is 0.306. The molecule has 0 aromatic heterocycles. The summed E-state index contributed by atoms with van der Waals surface area (Å²) in [6.45, 7) is 0. The number of carboxylic acids is 2. The molecule has 1 heterocycles. The van der Waals surface area contributed by atoms with Gasteiger partial charge >= 0.3 is 11.9 Å². The summed E-state index contributed by atoms with van der Waals surface area (Å²) < 4.78 is 0. The Morgan fingerprint density at radius 1 is 1.14 bits per heavy atom. The van der Waals surface area contributed by atoms with Crippen LogP contribution in [0.2, 0.25) is 0 Å².